The summed E-state index contributed by atoms with van der Waals surface area (Å²) >= 11 is 0. The molecule has 6 nitrogen and oxygen atoms in total. The predicted octanol–water partition coefficient (Wildman–Crippen LogP) is -0.944. The van der Waals surface area contributed by atoms with E-state index in [1.165, 1.54) is 12.3 Å². The van der Waals surface area contributed by atoms with Crippen LogP contribution < -0.4 is 10.8 Å². The van der Waals surface area contributed by atoms with Crippen molar-refractivity contribution in [2.45, 2.75) is 0 Å². The van der Waals surface area contributed by atoms with Gasteiger partial charge in [-0.25, -0.2) is 0 Å². The number of nitrogens with two attached hydrogens (primary N) is 1. The van der Waals surface area contributed by atoms with Gasteiger partial charge in [-0.05, 0) is 5.21 Å². The topological polar surface area (TPSA) is 83.2 Å². The molecule has 48 valence electrons. The lowest BCUT2D eigenvalue weighted by Crippen LogP contribution is -2.05. The molecular formula is C3H4N4O2. The van der Waals surface area contributed by atoms with Crippen molar-refractivity contribution >= 4 is 0 Å². The summed E-state index contributed by atoms with van der Waals surface area (Å²) in [4.78, 5) is 8.07. The molecule has 0 saturated heterocycles. The molecule has 9 heavy (non-hydrogen) atoms. The summed E-state index contributed by atoms with van der Waals surface area (Å²) in [5, 5.41) is 10.0. The van der Waals surface area contributed by atoms with Gasteiger partial charge in [0.15, 0.2) is 0 Å². The van der Waals surface area contributed by atoms with Gasteiger partial charge < -0.3 is 0 Å². The zero-order valence-corrected chi connectivity index (χ0v) is 4.39. The monoisotopic (exact) mass is 128 g/mol. The third-order valence-corrected chi connectivity index (χ3v) is 0.612. The molecule has 0 aliphatic carbocycles. The molecule has 6 heteroatoms. The first-order valence-corrected chi connectivity index (χ1v) is 2.11. The van der Waals surface area contributed by atoms with Crippen LogP contribution in [0.2, 0.25) is 0 Å². The Morgan fingerprint density at radius 1 is 1.56 bits per heavy atom. The molecule has 0 aromatic carbocycles. The third-order valence-electron chi connectivity index (χ3n) is 0.612. The summed E-state index contributed by atoms with van der Waals surface area (Å²) in [6, 6.07) is 1.46. The second-order valence-corrected chi connectivity index (χ2v) is 1.14. The van der Waals surface area contributed by atoms with Crippen molar-refractivity contribution in [2.75, 3.05) is 0 Å². The summed E-state index contributed by atoms with van der Waals surface area (Å²) in [6.07, 6.45) is 1.40. The normalized spacial score (nSPS) is 9.00. The SMILES string of the molecule is NOOc1ccnnn1. The van der Waals surface area contributed by atoms with Crippen molar-refractivity contribution < 1.29 is 9.88 Å². The van der Waals surface area contributed by atoms with E-state index in [2.05, 4.69) is 31.2 Å². The Bertz CT molecular complexity index is 167. The lowest BCUT2D eigenvalue weighted by Gasteiger charge is -1.92. The molecule has 1 aromatic rings. The lowest BCUT2D eigenvalue weighted by atomic mass is 10.7. The second kappa shape index (κ2) is 2.90. The first kappa shape index (κ1) is 5.86. The minimum absolute atomic E-state index is 0.174. The van der Waals surface area contributed by atoms with Gasteiger partial charge in [0.2, 0.25) is 0 Å². The zero-order chi connectivity index (χ0) is 6.53. The minimum atomic E-state index is 0.174. The quantitative estimate of drug-likeness (QED) is 0.408. The van der Waals surface area contributed by atoms with Gasteiger partial charge in [0.1, 0.15) is 0 Å². The maximum Gasteiger partial charge on any atom is 0.280 e. The van der Waals surface area contributed by atoms with Gasteiger partial charge in [-0.3, -0.25) is 4.89 Å². The fraction of sp³-hybridized carbons (Fsp3) is 0. The van der Waals surface area contributed by atoms with Crippen molar-refractivity contribution in [3.63, 3.8) is 0 Å². The highest BCUT2D eigenvalue weighted by molar-refractivity contribution is 5.00. The fourth-order valence-corrected chi connectivity index (χ4v) is 0.324. The Labute approximate surface area is 50.5 Å². The second-order valence-electron chi connectivity index (χ2n) is 1.14. The van der Waals surface area contributed by atoms with Crippen molar-refractivity contribution in [3.8, 4) is 5.88 Å². The van der Waals surface area contributed by atoms with E-state index in [0.717, 1.165) is 0 Å². The van der Waals surface area contributed by atoms with E-state index in [1.54, 1.807) is 0 Å². The molecule has 0 radical (unpaired) electrons. The van der Waals surface area contributed by atoms with E-state index in [9.17, 15) is 0 Å². The first-order valence-electron chi connectivity index (χ1n) is 2.11. The van der Waals surface area contributed by atoms with Crippen LogP contribution in [0.3, 0.4) is 0 Å². The van der Waals surface area contributed by atoms with E-state index in [-0.39, 0.29) is 5.88 Å². The van der Waals surface area contributed by atoms with Gasteiger partial charge in [0.25, 0.3) is 5.88 Å². The maximum atomic E-state index is 4.55. The van der Waals surface area contributed by atoms with Gasteiger partial charge in [0, 0.05) is 6.07 Å². The highest BCUT2D eigenvalue weighted by Gasteiger charge is 1.90. The number of aromatic nitrogens is 3. The number of hydrogen-bond acceptors (Lipinski definition) is 6. The molecular weight excluding hydrogens is 124 g/mol. The van der Waals surface area contributed by atoms with Crippen LogP contribution in [-0.2, 0) is 4.99 Å². The van der Waals surface area contributed by atoms with E-state index in [1.807, 2.05) is 0 Å². The summed E-state index contributed by atoms with van der Waals surface area (Å²) < 4.78 is 0. The summed E-state index contributed by atoms with van der Waals surface area (Å²) in [5.74, 6) is 4.72. The van der Waals surface area contributed by atoms with Crippen molar-refractivity contribution in [3.05, 3.63) is 12.3 Å². The number of rotatable bonds is 2. The van der Waals surface area contributed by atoms with Crippen molar-refractivity contribution in [2.24, 2.45) is 5.90 Å². The van der Waals surface area contributed by atoms with Crippen LogP contribution in [0, 0.1) is 0 Å². The van der Waals surface area contributed by atoms with Crippen LogP contribution in [0.1, 0.15) is 0 Å². The third kappa shape index (κ3) is 1.59. The van der Waals surface area contributed by atoms with Crippen LogP contribution >= 0.6 is 0 Å². The molecule has 0 fully saturated rings. The van der Waals surface area contributed by atoms with Crippen LogP contribution in [0.4, 0.5) is 0 Å². The Balaban J connectivity index is 2.61. The molecule has 1 heterocycles. The average Bonchev–Trinajstić information content (AvgIpc) is 1.91. The molecule has 0 aliphatic heterocycles. The van der Waals surface area contributed by atoms with Crippen molar-refractivity contribution in [1.82, 2.24) is 15.4 Å². The smallest absolute Gasteiger partial charge is 0.280 e. The van der Waals surface area contributed by atoms with Crippen LogP contribution in [0.15, 0.2) is 12.3 Å². The highest BCUT2D eigenvalue weighted by atomic mass is 17.3. The molecule has 0 unspecified atom stereocenters. The Kier molecular flexibility index (Phi) is 1.89. The summed E-state index contributed by atoms with van der Waals surface area (Å²) in [6.45, 7) is 0. The van der Waals surface area contributed by atoms with Crippen LogP contribution in [0.25, 0.3) is 0 Å². The van der Waals surface area contributed by atoms with Gasteiger partial charge >= 0.3 is 0 Å². The molecule has 0 aliphatic rings. The molecule has 0 saturated carbocycles. The van der Waals surface area contributed by atoms with Crippen molar-refractivity contribution in [1.29, 1.82) is 0 Å². The number of hydrogen-bond donors (Lipinski definition) is 1. The van der Waals surface area contributed by atoms with Gasteiger partial charge in [-0.15, -0.1) is 5.10 Å². The predicted molar refractivity (Wildman–Crippen MR) is 25.7 cm³/mol. The van der Waals surface area contributed by atoms with Crippen LogP contribution in [0.5, 0.6) is 5.88 Å². The zero-order valence-electron chi connectivity index (χ0n) is 4.39. The largest absolute Gasteiger partial charge is 0.297 e. The van der Waals surface area contributed by atoms with Crippen LogP contribution in [-0.4, -0.2) is 15.4 Å². The highest BCUT2D eigenvalue weighted by Crippen LogP contribution is 1.97. The standard InChI is InChI=1S/C3H4N4O2/c4-9-8-3-1-2-5-7-6-3/h1-2H,4H2. The molecule has 2 N–H and O–H groups in total. The Hall–Kier alpha value is -1.27. The van der Waals surface area contributed by atoms with Gasteiger partial charge in [0.05, 0.1) is 6.20 Å². The average molecular weight is 128 g/mol. The minimum Gasteiger partial charge on any atom is -0.297 e. The van der Waals surface area contributed by atoms with Gasteiger partial charge in [-0.2, -0.15) is 5.90 Å². The molecule has 0 spiro atoms. The van der Waals surface area contributed by atoms with E-state index in [0.29, 0.717) is 0 Å². The molecule has 0 bridgehead atoms. The maximum absolute atomic E-state index is 4.55. The molecule has 0 atom stereocenters. The molecule has 0 amide bonds. The molecule has 1 rings (SSSR count). The Morgan fingerprint density at radius 3 is 3.00 bits per heavy atom. The van der Waals surface area contributed by atoms with E-state index < -0.39 is 0 Å². The summed E-state index contributed by atoms with van der Waals surface area (Å²) in [7, 11) is 0. The Morgan fingerprint density at radius 2 is 2.44 bits per heavy atom. The number of nitrogens with zero attached hydrogens (tertiary/aromatic N) is 3. The van der Waals surface area contributed by atoms with Gasteiger partial charge in [-0.1, -0.05) is 10.1 Å². The summed E-state index contributed by atoms with van der Waals surface area (Å²) in [5.41, 5.74) is 0. The molecule has 1 aromatic heterocycles. The first-order chi connectivity index (χ1) is 4.43. The van der Waals surface area contributed by atoms with E-state index >= 15 is 0 Å². The fourth-order valence-electron chi connectivity index (χ4n) is 0.324. The van der Waals surface area contributed by atoms with E-state index in [4.69, 9.17) is 0 Å². The lowest BCUT2D eigenvalue weighted by molar-refractivity contribution is -0.215.